The Labute approximate surface area is 137 Å². The van der Waals surface area contributed by atoms with E-state index in [-0.39, 0.29) is 0 Å². The first-order chi connectivity index (χ1) is 11.2. The third-order valence-electron chi connectivity index (χ3n) is 3.96. The minimum absolute atomic E-state index is 0.573. The summed E-state index contributed by atoms with van der Waals surface area (Å²) < 4.78 is 5.21. The Morgan fingerprint density at radius 1 is 1.00 bits per heavy atom. The molecule has 0 aromatic heterocycles. The predicted octanol–water partition coefficient (Wildman–Crippen LogP) is 5.59. The number of unbranched alkanes of at least 4 members (excludes halogenated alkanes) is 3. The van der Waals surface area contributed by atoms with Crippen LogP contribution in [0, 0.1) is 0 Å². The van der Waals surface area contributed by atoms with Crippen molar-refractivity contribution in [3.8, 4) is 0 Å². The van der Waals surface area contributed by atoms with Gasteiger partial charge in [-0.1, -0.05) is 80.8 Å². The van der Waals surface area contributed by atoms with Crippen molar-refractivity contribution < 1.29 is 14.6 Å². The fraction of sp³-hybridized carbons (Fsp3) is 0.350. The molecule has 0 bridgehead atoms. The molecule has 23 heavy (non-hydrogen) atoms. The van der Waals surface area contributed by atoms with E-state index in [0.29, 0.717) is 0 Å². The number of rotatable bonds is 8. The van der Waals surface area contributed by atoms with E-state index in [1.165, 1.54) is 24.8 Å². The van der Waals surface area contributed by atoms with E-state index >= 15 is 0 Å². The number of aryl methyl sites for hydroxylation is 1. The Balaban J connectivity index is 2.26. The zero-order valence-electron chi connectivity index (χ0n) is 13.6. The van der Waals surface area contributed by atoms with Crippen molar-refractivity contribution >= 4 is 6.16 Å². The van der Waals surface area contributed by atoms with Crippen LogP contribution in [0.25, 0.3) is 0 Å². The van der Waals surface area contributed by atoms with Crippen LogP contribution in [0.4, 0.5) is 4.79 Å². The van der Waals surface area contributed by atoms with Crippen molar-refractivity contribution in [3.05, 3.63) is 71.3 Å². The Morgan fingerprint density at radius 2 is 1.70 bits per heavy atom. The van der Waals surface area contributed by atoms with Gasteiger partial charge in [0.25, 0.3) is 0 Å². The highest BCUT2D eigenvalue weighted by Gasteiger charge is 2.21. The summed E-state index contributed by atoms with van der Waals surface area (Å²) in [7, 11) is 0. The average molecular weight is 312 g/mol. The molecule has 3 nitrogen and oxygen atoms in total. The normalized spacial score (nSPS) is 11.9. The fourth-order valence-electron chi connectivity index (χ4n) is 2.80. The number of carbonyl (C=O) groups is 1. The quantitative estimate of drug-likeness (QED) is 0.510. The van der Waals surface area contributed by atoms with Crippen LogP contribution in [0.3, 0.4) is 0 Å². The smallest absolute Gasteiger partial charge is 0.450 e. The van der Waals surface area contributed by atoms with Gasteiger partial charge in [-0.15, -0.1) is 0 Å². The first kappa shape index (κ1) is 17.1. The number of hydrogen-bond acceptors (Lipinski definition) is 2. The second-order valence-corrected chi connectivity index (χ2v) is 5.68. The molecule has 122 valence electrons. The molecule has 0 radical (unpaired) electrons. The summed E-state index contributed by atoms with van der Waals surface area (Å²) >= 11 is 0. The van der Waals surface area contributed by atoms with Crippen molar-refractivity contribution in [3.63, 3.8) is 0 Å². The molecule has 0 spiro atoms. The van der Waals surface area contributed by atoms with Crippen LogP contribution in [0.5, 0.6) is 0 Å². The molecule has 3 heteroatoms. The summed E-state index contributed by atoms with van der Waals surface area (Å²) in [6.45, 7) is 2.19. The van der Waals surface area contributed by atoms with Gasteiger partial charge < -0.3 is 9.84 Å². The molecular weight excluding hydrogens is 288 g/mol. The van der Waals surface area contributed by atoms with Gasteiger partial charge in [0, 0.05) is 5.56 Å². The Morgan fingerprint density at radius 3 is 2.39 bits per heavy atom. The minimum atomic E-state index is -1.25. The van der Waals surface area contributed by atoms with Gasteiger partial charge in [-0.25, -0.2) is 4.79 Å². The number of carboxylic acid groups (broad SMARTS) is 1. The molecule has 2 aromatic carbocycles. The number of ether oxygens (including phenoxy) is 1. The third-order valence-corrected chi connectivity index (χ3v) is 3.96. The zero-order chi connectivity index (χ0) is 16.5. The highest BCUT2D eigenvalue weighted by atomic mass is 16.7. The molecule has 0 saturated heterocycles. The van der Waals surface area contributed by atoms with Crippen LogP contribution in [0.1, 0.15) is 55.4 Å². The molecule has 2 rings (SSSR count). The molecule has 0 heterocycles. The van der Waals surface area contributed by atoms with Crippen molar-refractivity contribution in [2.24, 2.45) is 0 Å². The SMILES string of the molecule is CCCCCCc1ccccc1C(OC(=O)O)c1ccccc1. The first-order valence-electron chi connectivity index (χ1n) is 8.24. The summed E-state index contributed by atoms with van der Waals surface area (Å²) in [6.07, 6.45) is 3.87. The van der Waals surface area contributed by atoms with Crippen molar-refractivity contribution in [2.75, 3.05) is 0 Å². The molecule has 0 saturated carbocycles. The van der Waals surface area contributed by atoms with Crippen LogP contribution in [-0.2, 0) is 11.2 Å². The zero-order valence-corrected chi connectivity index (χ0v) is 13.6. The largest absolute Gasteiger partial charge is 0.506 e. The van der Waals surface area contributed by atoms with Crippen LogP contribution in [0.2, 0.25) is 0 Å². The van der Waals surface area contributed by atoms with E-state index in [1.54, 1.807) is 0 Å². The highest BCUT2D eigenvalue weighted by Crippen LogP contribution is 2.29. The van der Waals surface area contributed by atoms with Crippen LogP contribution in [0.15, 0.2) is 54.6 Å². The maximum absolute atomic E-state index is 11.1. The fourth-order valence-corrected chi connectivity index (χ4v) is 2.80. The van der Waals surface area contributed by atoms with E-state index in [1.807, 2.05) is 48.5 Å². The number of benzene rings is 2. The molecule has 1 unspecified atom stereocenters. The second-order valence-electron chi connectivity index (χ2n) is 5.68. The van der Waals surface area contributed by atoms with E-state index in [9.17, 15) is 4.79 Å². The second kappa shape index (κ2) is 8.99. The van der Waals surface area contributed by atoms with Gasteiger partial charge in [0.05, 0.1) is 0 Å². The van der Waals surface area contributed by atoms with Crippen LogP contribution < -0.4 is 0 Å². The van der Waals surface area contributed by atoms with Gasteiger partial charge in [0.15, 0.2) is 6.10 Å². The maximum Gasteiger partial charge on any atom is 0.506 e. The van der Waals surface area contributed by atoms with Gasteiger partial charge in [0.2, 0.25) is 0 Å². The van der Waals surface area contributed by atoms with Gasteiger partial charge in [0.1, 0.15) is 0 Å². The molecule has 1 N–H and O–H groups in total. The molecule has 0 amide bonds. The molecule has 1 atom stereocenters. The van der Waals surface area contributed by atoms with E-state index in [4.69, 9.17) is 9.84 Å². The van der Waals surface area contributed by atoms with Crippen molar-refractivity contribution in [1.29, 1.82) is 0 Å². The summed E-state index contributed by atoms with van der Waals surface area (Å²) in [6, 6.07) is 17.5. The van der Waals surface area contributed by atoms with Gasteiger partial charge in [-0.2, -0.15) is 0 Å². The number of hydrogen-bond donors (Lipinski definition) is 1. The summed E-state index contributed by atoms with van der Waals surface area (Å²) in [5, 5.41) is 9.12. The average Bonchev–Trinajstić information content (AvgIpc) is 2.58. The van der Waals surface area contributed by atoms with Gasteiger partial charge in [-0.3, -0.25) is 0 Å². The monoisotopic (exact) mass is 312 g/mol. The topological polar surface area (TPSA) is 46.5 Å². The lowest BCUT2D eigenvalue weighted by Gasteiger charge is -2.20. The summed E-state index contributed by atoms with van der Waals surface area (Å²) in [4.78, 5) is 11.1. The lowest BCUT2D eigenvalue weighted by Crippen LogP contribution is -2.12. The Hall–Kier alpha value is -2.29. The lowest BCUT2D eigenvalue weighted by molar-refractivity contribution is 0.0660. The van der Waals surface area contributed by atoms with Gasteiger partial charge >= 0.3 is 6.16 Å². The standard InChI is InChI=1S/C20H24O3/c1-2-3-4-6-11-16-12-9-10-15-18(16)19(23-20(21)22)17-13-7-5-8-14-17/h5,7-10,12-15,19H,2-4,6,11H2,1H3,(H,21,22). The minimum Gasteiger partial charge on any atom is -0.450 e. The highest BCUT2D eigenvalue weighted by molar-refractivity contribution is 5.58. The predicted molar refractivity (Wildman–Crippen MR) is 91.7 cm³/mol. The van der Waals surface area contributed by atoms with Gasteiger partial charge in [-0.05, 0) is 24.0 Å². The summed E-state index contributed by atoms with van der Waals surface area (Å²) in [5.74, 6) is 0. The van der Waals surface area contributed by atoms with E-state index < -0.39 is 12.3 Å². The molecule has 0 aliphatic carbocycles. The lowest BCUT2D eigenvalue weighted by atomic mass is 9.93. The van der Waals surface area contributed by atoms with Crippen LogP contribution >= 0.6 is 0 Å². The summed E-state index contributed by atoms with van der Waals surface area (Å²) in [5.41, 5.74) is 2.97. The first-order valence-corrected chi connectivity index (χ1v) is 8.24. The van der Waals surface area contributed by atoms with E-state index in [2.05, 4.69) is 13.0 Å². The molecule has 0 fully saturated rings. The Kier molecular flexibility index (Phi) is 6.67. The molecular formula is C20H24O3. The molecule has 2 aromatic rings. The van der Waals surface area contributed by atoms with Crippen LogP contribution in [-0.4, -0.2) is 11.3 Å². The molecule has 0 aliphatic heterocycles. The molecule has 0 aliphatic rings. The van der Waals surface area contributed by atoms with E-state index in [0.717, 1.165) is 24.0 Å². The van der Waals surface area contributed by atoms with Crippen molar-refractivity contribution in [2.45, 2.75) is 45.1 Å². The van der Waals surface area contributed by atoms with Crippen molar-refractivity contribution in [1.82, 2.24) is 0 Å². The Bertz CT molecular complexity index is 607. The third kappa shape index (κ3) is 5.13. The maximum atomic E-state index is 11.1.